The van der Waals surface area contributed by atoms with E-state index in [1.165, 1.54) is 18.3 Å². The standard InChI is InChI=1S/C10H14FN3O/c1-10(2,9(12)15)6-14-8-7(11)4-3-5-13-8/h3-5H,6H2,1-2H3,(H2,12,15)(H,13,14). The van der Waals surface area contributed by atoms with Crippen LogP contribution in [0.2, 0.25) is 0 Å². The van der Waals surface area contributed by atoms with E-state index in [-0.39, 0.29) is 12.4 Å². The number of nitrogens with two attached hydrogens (primary N) is 1. The van der Waals surface area contributed by atoms with E-state index in [1.54, 1.807) is 13.8 Å². The summed E-state index contributed by atoms with van der Waals surface area (Å²) in [6.45, 7) is 3.61. The number of carbonyl (C=O) groups excluding carboxylic acids is 1. The molecule has 0 bridgehead atoms. The molecular weight excluding hydrogens is 197 g/mol. The van der Waals surface area contributed by atoms with Crippen molar-refractivity contribution in [3.8, 4) is 0 Å². The molecule has 82 valence electrons. The predicted molar refractivity (Wildman–Crippen MR) is 55.7 cm³/mol. The Morgan fingerprint density at radius 3 is 2.87 bits per heavy atom. The van der Waals surface area contributed by atoms with Gasteiger partial charge in [0.1, 0.15) is 0 Å². The first-order valence-electron chi connectivity index (χ1n) is 4.58. The molecule has 0 saturated carbocycles. The number of rotatable bonds is 4. The molecule has 5 heteroatoms. The lowest BCUT2D eigenvalue weighted by molar-refractivity contribution is -0.125. The molecule has 15 heavy (non-hydrogen) atoms. The van der Waals surface area contributed by atoms with Crippen LogP contribution in [0.25, 0.3) is 0 Å². The van der Waals surface area contributed by atoms with E-state index in [0.717, 1.165) is 0 Å². The van der Waals surface area contributed by atoms with Crippen LogP contribution in [0.15, 0.2) is 18.3 Å². The molecule has 1 heterocycles. The van der Waals surface area contributed by atoms with E-state index in [2.05, 4.69) is 10.3 Å². The maximum atomic E-state index is 13.1. The van der Waals surface area contributed by atoms with Gasteiger partial charge in [0.15, 0.2) is 11.6 Å². The quantitative estimate of drug-likeness (QED) is 0.784. The zero-order chi connectivity index (χ0) is 11.5. The van der Waals surface area contributed by atoms with Crippen LogP contribution < -0.4 is 11.1 Å². The van der Waals surface area contributed by atoms with Crippen LogP contribution in [-0.2, 0) is 4.79 Å². The number of aromatic nitrogens is 1. The number of hydrogen-bond donors (Lipinski definition) is 2. The molecule has 0 aliphatic carbocycles. The van der Waals surface area contributed by atoms with Crippen LogP contribution >= 0.6 is 0 Å². The van der Waals surface area contributed by atoms with Crippen LogP contribution in [0, 0.1) is 11.2 Å². The van der Waals surface area contributed by atoms with Gasteiger partial charge in [-0.05, 0) is 26.0 Å². The first kappa shape index (κ1) is 11.4. The molecule has 0 saturated heterocycles. The molecule has 0 aliphatic heterocycles. The molecule has 0 spiro atoms. The Hall–Kier alpha value is -1.65. The number of nitrogens with one attached hydrogen (secondary N) is 1. The van der Waals surface area contributed by atoms with Gasteiger partial charge >= 0.3 is 0 Å². The molecule has 0 atom stereocenters. The van der Waals surface area contributed by atoms with Crippen LogP contribution in [-0.4, -0.2) is 17.4 Å². The van der Waals surface area contributed by atoms with Crippen LogP contribution in [0.4, 0.5) is 10.2 Å². The zero-order valence-electron chi connectivity index (χ0n) is 8.75. The van der Waals surface area contributed by atoms with Gasteiger partial charge in [-0.25, -0.2) is 9.37 Å². The molecule has 1 amide bonds. The molecule has 4 nitrogen and oxygen atoms in total. The Labute approximate surface area is 87.7 Å². The summed E-state index contributed by atoms with van der Waals surface area (Å²) >= 11 is 0. The minimum absolute atomic E-state index is 0.131. The van der Waals surface area contributed by atoms with Crippen molar-refractivity contribution in [3.63, 3.8) is 0 Å². The van der Waals surface area contributed by atoms with E-state index in [9.17, 15) is 9.18 Å². The number of halogens is 1. The van der Waals surface area contributed by atoms with E-state index in [0.29, 0.717) is 0 Å². The fourth-order valence-corrected chi connectivity index (χ4v) is 0.908. The Bertz CT molecular complexity index is 365. The second-order valence-corrected chi connectivity index (χ2v) is 3.94. The lowest BCUT2D eigenvalue weighted by Gasteiger charge is -2.21. The van der Waals surface area contributed by atoms with Crippen LogP contribution in [0.5, 0.6) is 0 Å². The summed E-state index contributed by atoms with van der Waals surface area (Å²) in [6, 6.07) is 2.80. The van der Waals surface area contributed by atoms with E-state index >= 15 is 0 Å². The normalized spacial score (nSPS) is 11.1. The van der Waals surface area contributed by atoms with Gasteiger partial charge in [-0.3, -0.25) is 4.79 Å². The third-order valence-corrected chi connectivity index (χ3v) is 2.12. The molecule has 0 radical (unpaired) electrons. The van der Waals surface area contributed by atoms with Crippen molar-refractivity contribution in [2.24, 2.45) is 11.1 Å². The molecule has 0 unspecified atom stereocenters. The Morgan fingerprint density at radius 1 is 1.67 bits per heavy atom. The molecule has 3 N–H and O–H groups in total. The fraction of sp³-hybridized carbons (Fsp3) is 0.400. The van der Waals surface area contributed by atoms with E-state index in [4.69, 9.17) is 5.73 Å². The molecule has 0 aromatic carbocycles. The summed E-state index contributed by atoms with van der Waals surface area (Å²) in [5.41, 5.74) is 4.45. The topological polar surface area (TPSA) is 68.0 Å². The zero-order valence-corrected chi connectivity index (χ0v) is 8.75. The molecular formula is C10H14FN3O. The molecule has 1 aromatic heterocycles. The largest absolute Gasteiger partial charge is 0.369 e. The van der Waals surface area contributed by atoms with Crippen molar-refractivity contribution in [2.75, 3.05) is 11.9 Å². The van der Waals surface area contributed by atoms with Gasteiger partial charge in [-0.1, -0.05) is 0 Å². The minimum Gasteiger partial charge on any atom is -0.369 e. The van der Waals surface area contributed by atoms with Gasteiger partial charge in [-0.2, -0.15) is 0 Å². The van der Waals surface area contributed by atoms with E-state index in [1.807, 2.05) is 0 Å². The Kier molecular flexibility index (Phi) is 3.24. The maximum absolute atomic E-state index is 13.1. The highest BCUT2D eigenvalue weighted by atomic mass is 19.1. The second kappa shape index (κ2) is 4.25. The van der Waals surface area contributed by atoms with Crippen molar-refractivity contribution in [1.29, 1.82) is 0 Å². The van der Waals surface area contributed by atoms with Gasteiger partial charge in [0.05, 0.1) is 5.41 Å². The number of pyridine rings is 1. The number of carbonyl (C=O) groups is 1. The van der Waals surface area contributed by atoms with Crippen LogP contribution in [0.1, 0.15) is 13.8 Å². The number of hydrogen-bond acceptors (Lipinski definition) is 3. The summed E-state index contributed by atoms with van der Waals surface area (Å²) in [4.78, 5) is 14.8. The first-order chi connectivity index (χ1) is 6.93. The highest BCUT2D eigenvalue weighted by Gasteiger charge is 2.24. The van der Waals surface area contributed by atoms with Gasteiger partial charge < -0.3 is 11.1 Å². The van der Waals surface area contributed by atoms with Gasteiger partial charge in [0.25, 0.3) is 0 Å². The predicted octanol–water partition coefficient (Wildman–Crippen LogP) is 1.14. The monoisotopic (exact) mass is 211 g/mol. The summed E-state index contributed by atoms with van der Waals surface area (Å²) in [5.74, 6) is -0.754. The van der Waals surface area contributed by atoms with Crippen molar-refractivity contribution in [2.45, 2.75) is 13.8 Å². The molecule has 0 aliphatic rings. The summed E-state index contributed by atoms with van der Waals surface area (Å²) < 4.78 is 13.1. The van der Waals surface area contributed by atoms with Gasteiger partial charge in [0.2, 0.25) is 5.91 Å². The number of nitrogens with zero attached hydrogens (tertiary/aromatic N) is 1. The maximum Gasteiger partial charge on any atom is 0.224 e. The highest BCUT2D eigenvalue weighted by molar-refractivity contribution is 5.80. The average molecular weight is 211 g/mol. The highest BCUT2D eigenvalue weighted by Crippen LogP contribution is 2.16. The Balaban J connectivity index is 2.66. The number of amides is 1. The van der Waals surface area contributed by atoms with Crippen LogP contribution in [0.3, 0.4) is 0 Å². The molecule has 1 rings (SSSR count). The average Bonchev–Trinajstić information content (AvgIpc) is 2.16. The second-order valence-electron chi connectivity index (χ2n) is 3.94. The van der Waals surface area contributed by atoms with Crippen molar-refractivity contribution < 1.29 is 9.18 Å². The lowest BCUT2D eigenvalue weighted by Crippen LogP contribution is -2.37. The molecule has 1 aromatic rings. The number of anilines is 1. The minimum atomic E-state index is -0.732. The third-order valence-electron chi connectivity index (χ3n) is 2.12. The van der Waals surface area contributed by atoms with E-state index < -0.39 is 17.1 Å². The number of primary amides is 1. The van der Waals surface area contributed by atoms with Crippen molar-refractivity contribution >= 4 is 11.7 Å². The SMILES string of the molecule is CC(C)(CNc1ncccc1F)C(N)=O. The third kappa shape index (κ3) is 2.90. The summed E-state index contributed by atoms with van der Waals surface area (Å²) in [7, 11) is 0. The summed E-state index contributed by atoms with van der Waals surface area (Å²) in [5, 5.41) is 2.75. The van der Waals surface area contributed by atoms with Gasteiger partial charge in [-0.15, -0.1) is 0 Å². The summed E-state index contributed by atoms with van der Waals surface area (Å²) in [6.07, 6.45) is 1.47. The van der Waals surface area contributed by atoms with Gasteiger partial charge in [0, 0.05) is 12.7 Å². The van der Waals surface area contributed by atoms with Crippen molar-refractivity contribution in [1.82, 2.24) is 4.98 Å². The first-order valence-corrected chi connectivity index (χ1v) is 4.58. The smallest absolute Gasteiger partial charge is 0.224 e. The lowest BCUT2D eigenvalue weighted by atomic mass is 9.93. The molecule has 0 fully saturated rings. The fourth-order valence-electron chi connectivity index (χ4n) is 0.908. The van der Waals surface area contributed by atoms with Crippen molar-refractivity contribution in [3.05, 3.63) is 24.1 Å². The Morgan fingerprint density at radius 2 is 2.33 bits per heavy atom.